The Morgan fingerprint density at radius 3 is 2.33 bits per heavy atom. The van der Waals surface area contributed by atoms with Crippen LogP contribution in [0.25, 0.3) is 0 Å². The number of likely N-dealkylation sites (N-methyl/N-ethyl adjacent to an activating group) is 1. The number of anilines is 1. The molecule has 0 saturated carbocycles. The van der Waals surface area contributed by atoms with Crippen LogP contribution < -0.4 is 9.80 Å². The van der Waals surface area contributed by atoms with Gasteiger partial charge < -0.3 is 14.7 Å². The fourth-order valence-corrected chi connectivity index (χ4v) is 5.56. The molecule has 2 saturated heterocycles. The number of amides is 1. The Bertz CT molecular complexity index is 799. The molecule has 148 valence electrons. The molecule has 2 fully saturated rings. The number of nitrogens with one attached hydrogen (secondary N) is 1. The molecule has 3 rings (SSSR count). The Hall–Kier alpha value is -1.93. The highest BCUT2D eigenvalue weighted by molar-refractivity contribution is 7.91. The van der Waals surface area contributed by atoms with Gasteiger partial charge in [0.2, 0.25) is 0 Å². The van der Waals surface area contributed by atoms with Gasteiger partial charge in [-0.05, 0) is 37.6 Å². The molecule has 8 heteroatoms. The van der Waals surface area contributed by atoms with E-state index in [0.29, 0.717) is 18.5 Å². The Kier molecular flexibility index (Phi) is 5.86. The van der Waals surface area contributed by atoms with Crippen molar-refractivity contribution in [3.63, 3.8) is 0 Å². The van der Waals surface area contributed by atoms with Gasteiger partial charge in [-0.3, -0.25) is 9.59 Å². The van der Waals surface area contributed by atoms with Gasteiger partial charge in [0, 0.05) is 24.3 Å². The minimum Gasteiger partial charge on any atom is -0.360 e. The van der Waals surface area contributed by atoms with Crippen LogP contribution in [-0.4, -0.2) is 82.3 Å². The molecule has 1 N–H and O–H groups in total. The van der Waals surface area contributed by atoms with Crippen LogP contribution in [0.5, 0.6) is 0 Å². The van der Waals surface area contributed by atoms with E-state index >= 15 is 0 Å². The lowest BCUT2D eigenvalue weighted by atomic mass is 10.1. The van der Waals surface area contributed by atoms with E-state index in [4.69, 9.17) is 0 Å². The summed E-state index contributed by atoms with van der Waals surface area (Å²) in [5, 5.41) is 0. The van der Waals surface area contributed by atoms with Crippen molar-refractivity contribution in [1.82, 2.24) is 4.90 Å². The Balaban J connectivity index is 1.49. The number of carbonyl (C=O) groups excluding carboxylic acids is 2. The monoisotopic (exact) mass is 394 g/mol. The molecule has 0 aromatic heterocycles. The zero-order valence-electron chi connectivity index (χ0n) is 16.0. The standard InChI is InChI=1S/C19H27N3O4S/c1-15(23)16-3-5-17(6-4-16)22-10-8-21(9-11-22)13-19(24)20(2)18-7-12-27(25,26)14-18/h3-6,18H,7-14H2,1-2H3/p+1/t18-/m0/s1. The molecule has 2 aliphatic heterocycles. The van der Waals surface area contributed by atoms with Crippen LogP contribution in [0.3, 0.4) is 0 Å². The first kappa shape index (κ1) is 19.8. The molecule has 1 aromatic carbocycles. The highest BCUT2D eigenvalue weighted by Crippen LogP contribution is 2.17. The van der Waals surface area contributed by atoms with E-state index in [1.54, 1.807) is 18.9 Å². The lowest BCUT2D eigenvalue weighted by Gasteiger charge is -2.34. The Morgan fingerprint density at radius 1 is 1.19 bits per heavy atom. The third-order valence-corrected chi connectivity index (χ3v) is 7.41. The number of nitrogens with zero attached hydrogens (tertiary/aromatic N) is 2. The second-order valence-corrected chi connectivity index (χ2v) is 9.81. The van der Waals surface area contributed by atoms with Gasteiger partial charge in [0.15, 0.2) is 22.2 Å². The zero-order valence-corrected chi connectivity index (χ0v) is 16.8. The summed E-state index contributed by atoms with van der Waals surface area (Å²) in [6.07, 6.45) is 0.546. The molecule has 7 nitrogen and oxygen atoms in total. The summed E-state index contributed by atoms with van der Waals surface area (Å²) in [7, 11) is -1.26. The predicted octanol–water partition coefficient (Wildman–Crippen LogP) is -0.760. The van der Waals surface area contributed by atoms with Crippen molar-refractivity contribution in [1.29, 1.82) is 0 Å². The quantitative estimate of drug-likeness (QED) is 0.664. The number of quaternary nitrogens is 1. The molecular weight excluding hydrogens is 366 g/mol. The topological polar surface area (TPSA) is 79.2 Å². The summed E-state index contributed by atoms with van der Waals surface area (Å²) in [5.74, 6) is 0.359. The summed E-state index contributed by atoms with van der Waals surface area (Å²) in [5.41, 5.74) is 1.81. The fourth-order valence-electron chi connectivity index (χ4n) is 3.79. The molecule has 27 heavy (non-hydrogen) atoms. The van der Waals surface area contributed by atoms with Gasteiger partial charge in [-0.1, -0.05) is 0 Å². The molecule has 1 atom stereocenters. The number of hydrogen-bond donors (Lipinski definition) is 1. The molecular formula is C19H28N3O4S+. The fraction of sp³-hybridized carbons (Fsp3) is 0.579. The number of rotatable bonds is 5. The summed E-state index contributed by atoms with van der Waals surface area (Å²) in [6.45, 7) is 5.39. The summed E-state index contributed by atoms with van der Waals surface area (Å²) < 4.78 is 23.2. The lowest BCUT2D eigenvalue weighted by molar-refractivity contribution is -0.892. The third kappa shape index (κ3) is 4.87. The van der Waals surface area contributed by atoms with Crippen LogP contribution in [0.1, 0.15) is 23.7 Å². The Labute approximate surface area is 160 Å². The first-order chi connectivity index (χ1) is 12.7. The van der Waals surface area contributed by atoms with E-state index in [1.807, 2.05) is 24.3 Å². The smallest absolute Gasteiger partial charge is 0.277 e. The predicted molar refractivity (Wildman–Crippen MR) is 104 cm³/mol. The first-order valence-electron chi connectivity index (χ1n) is 9.41. The molecule has 2 heterocycles. The van der Waals surface area contributed by atoms with E-state index in [1.165, 1.54) is 4.90 Å². The second-order valence-electron chi connectivity index (χ2n) is 7.58. The maximum Gasteiger partial charge on any atom is 0.277 e. The Morgan fingerprint density at radius 2 is 1.81 bits per heavy atom. The van der Waals surface area contributed by atoms with E-state index in [0.717, 1.165) is 31.9 Å². The van der Waals surface area contributed by atoms with Crippen LogP contribution in [0, 0.1) is 0 Å². The van der Waals surface area contributed by atoms with Crippen LogP contribution in [0.4, 0.5) is 5.69 Å². The van der Waals surface area contributed by atoms with Crippen molar-refractivity contribution in [2.24, 2.45) is 0 Å². The SMILES string of the molecule is CC(=O)c1ccc(N2CC[NH+](CC(=O)N(C)[C@H]3CCS(=O)(=O)C3)CC2)cc1. The highest BCUT2D eigenvalue weighted by Gasteiger charge is 2.34. The number of carbonyl (C=O) groups is 2. The van der Waals surface area contributed by atoms with Gasteiger partial charge >= 0.3 is 0 Å². The maximum absolute atomic E-state index is 12.5. The molecule has 2 aliphatic rings. The number of hydrogen-bond acceptors (Lipinski definition) is 5. The van der Waals surface area contributed by atoms with E-state index in [9.17, 15) is 18.0 Å². The average molecular weight is 395 g/mol. The van der Waals surface area contributed by atoms with Crippen molar-refractivity contribution in [3.05, 3.63) is 29.8 Å². The van der Waals surface area contributed by atoms with Gasteiger partial charge in [-0.2, -0.15) is 0 Å². The van der Waals surface area contributed by atoms with E-state index in [2.05, 4.69) is 4.90 Å². The van der Waals surface area contributed by atoms with Gasteiger partial charge in [0.1, 0.15) is 0 Å². The van der Waals surface area contributed by atoms with Gasteiger partial charge in [0.05, 0.1) is 37.7 Å². The largest absolute Gasteiger partial charge is 0.360 e. The van der Waals surface area contributed by atoms with Crippen molar-refractivity contribution in [2.45, 2.75) is 19.4 Å². The zero-order chi connectivity index (χ0) is 19.6. The maximum atomic E-state index is 12.5. The van der Waals surface area contributed by atoms with Crippen LogP contribution in [0.2, 0.25) is 0 Å². The summed E-state index contributed by atoms with van der Waals surface area (Å²) in [4.78, 5) is 29.0. The highest BCUT2D eigenvalue weighted by atomic mass is 32.2. The number of piperazine rings is 1. The van der Waals surface area contributed by atoms with E-state index in [-0.39, 0.29) is 29.2 Å². The molecule has 0 spiro atoms. The summed E-state index contributed by atoms with van der Waals surface area (Å²) in [6, 6.07) is 7.47. The van der Waals surface area contributed by atoms with Crippen LogP contribution in [-0.2, 0) is 14.6 Å². The minimum atomic E-state index is -2.98. The third-order valence-electron chi connectivity index (χ3n) is 5.66. The summed E-state index contributed by atoms with van der Waals surface area (Å²) >= 11 is 0. The molecule has 0 bridgehead atoms. The molecule has 0 radical (unpaired) electrons. The first-order valence-corrected chi connectivity index (χ1v) is 11.2. The van der Waals surface area contributed by atoms with Crippen molar-refractivity contribution < 1.29 is 22.9 Å². The van der Waals surface area contributed by atoms with Crippen LogP contribution >= 0.6 is 0 Å². The van der Waals surface area contributed by atoms with Gasteiger partial charge in [0.25, 0.3) is 5.91 Å². The minimum absolute atomic E-state index is 0.0198. The number of ketones is 1. The number of Topliss-reactive ketones (excluding diaryl/α,β-unsaturated/α-hetero) is 1. The van der Waals surface area contributed by atoms with Gasteiger partial charge in [-0.15, -0.1) is 0 Å². The normalized spacial score (nSPS) is 22.6. The van der Waals surface area contributed by atoms with Crippen molar-refractivity contribution in [3.8, 4) is 0 Å². The lowest BCUT2D eigenvalue weighted by Crippen LogP contribution is -3.16. The number of benzene rings is 1. The van der Waals surface area contributed by atoms with Gasteiger partial charge in [-0.25, -0.2) is 8.42 Å². The number of sulfone groups is 1. The van der Waals surface area contributed by atoms with Crippen LogP contribution in [0.15, 0.2) is 24.3 Å². The van der Waals surface area contributed by atoms with Crippen molar-refractivity contribution in [2.75, 3.05) is 56.2 Å². The second kappa shape index (κ2) is 7.98. The molecule has 1 amide bonds. The molecule has 0 unspecified atom stereocenters. The average Bonchev–Trinajstić information content (AvgIpc) is 3.01. The van der Waals surface area contributed by atoms with E-state index < -0.39 is 9.84 Å². The van der Waals surface area contributed by atoms with Crippen molar-refractivity contribution >= 4 is 27.2 Å². The molecule has 1 aromatic rings. The molecule has 0 aliphatic carbocycles.